The number of aromatic amines is 1. The van der Waals surface area contributed by atoms with Crippen molar-refractivity contribution in [3.8, 4) is 6.07 Å². The SMILES string of the molecule is Cc1c(C#N)c[nH]c(=O)c1S(C)(=O)=O. The first-order chi connectivity index (χ1) is 6.38. The first kappa shape index (κ1) is 10.5. The van der Waals surface area contributed by atoms with Crippen LogP contribution in [0.15, 0.2) is 15.9 Å². The normalized spacial score (nSPS) is 10.9. The number of H-pyrrole nitrogens is 1. The highest BCUT2D eigenvalue weighted by atomic mass is 32.2. The minimum atomic E-state index is -3.59. The molecule has 0 aromatic carbocycles. The molecule has 1 heterocycles. The molecular formula is C8H8N2O3S. The predicted octanol–water partition coefficient (Wildman–Crippen LogP) is -0.0415. The third-order valence-corrected chi connectivity index (χ3v) is 3.02. The molecule has 1 rings (SSSR count). The molecule has 0 aliphatic rings. The summed E-state index contributed by atoms with van der Waals surface area (Å²) in [5.74, 6) is 0. The second kappa shape index (κ2) is 3.27. The van der Waals surface area contributed by atoms with E-state index in [1.165, 1.54) is 13.1 Å². The minimum Gasteiger partial charge on any atom is -0.327 e. The van der Waals surface area contributed by atoms with E-state index in [1.807, 2.05) is 0 Å². The molecule has 0 saturated heterocycles. The molecule has 0 saturated carbocycles. The van der Waals surface area contributed by atoms with Gasteiger partial charge >= 0.3 is 0 Å². The van der Waals surface area contributed by atoms with E-state index in [4.69, 9.17) is 5.26 Å². The van der Waals surface area contributed by atoms with Crippen LogP contribution in [0.2, 0.25) is 0 Å². The van der Waals surface area contributed by atoms with Gasteiger partial charge in [-0.1, -0.05) is 0 Å². The molecule has 1 aromatic heterocycles. The van der Waals surface area contributed by atoms with E-state index in [-0.39, 0.29) is 16.0 Å². The Morgan fingerprint density at radius 3 is 2.50 bits per heavy atom. The standard InChI is InChI=1S/C8H8N2O3S/c1-5-6(3-9)4-10-8(11)7(5)14(2,12)13/h4H,1-2H3,(H,10,11). The van der Waals surface area contributed by atoms with Crippen LogP contribution in [0.4, 0.5) is 0 Å². The molecule has 14 heavy (non-hydrogen) atoms. The van der Waals surface area contributed by atoms with Crippen molar-refractivity contribution in [2.45, 2.75) is 11.8 Å². The number of hydrogen-bond acceptors (Lipinski definition) is 4. The number of nitrogens with one attached hydrogen (secondary N) is 1. The number of rotatable bonds is 1. The molecule has 1 aromatic rings. The van der Waals surface area contributed by atoms with Gasteiger partial charge in [0.25, 0.3) is 5.56 Å². The Hall–Kier alpha value is -1.61. The highest BCUT2D eigenvalue weighted by molar-refractivity contribution is 7.90. The molecule has 0 bridgehead atoms. The number of pyridine rings is 1. The maximum Gasteiger partial charge on any atom is 0.267 e. The summed E-state index contributed by atoms with van der Waals surface area (Å²) in [4.78, 5) is 13.1. The summed E-state index contributed by atoms with van der Waals surface area (Å²) in [6.45, 7) is 1.43. The van der Waals surface area contributed by atoms with E-state index in [1.54, 1.807) is 6.07 Å². The zero-order chi connectivity index (χ0) is 10.9. The first-order valence-corrected chi connectivity index (χ1v) is 5.59. The molecule has 0 spiro atoms. The molecule has 0 radical (unpaired) electrons. The molecule has 74 valence electrons. The van der Waals surface area contributed by atoms with Crippen LogP contribution in [0.3, 0.4) is 0 Å². The van der Waals surface area contributed by atoms with Crippen LogP contribution in [0.5, 0.6) is 0 Å². The Bertz CT molecular complexity index is 563. The second-order valence-electron chi connectivity index (χ2n) is 2.87. The van der Waals surface area contributed by atoms with Crippen molar-refractivity contribution >= 4 is 9.84 Å². The van der Waals surface area contributed by atoms with Crippen molar-refractivity contribution < 1.29 is 8.42 Å². The Kier molecular flexibility index (Phi) is 2.45. The summed E-state index contributed by atoms with van der Waals surface area (Å²) in [5.41, 5.74) is -0.340. The van der Waals surface area contributed by atoms with Crippen LogP contribution in [0, 0.1) is 18.3 Å². The highest BCUT2D eigenvalue weighted by Gasteiger charge is 2.17. The van der Waals surface area contributed by atoms with Crippen LogP contribution in [0.1, 0.15) is 11.1 Å². The van der Waals surface area contributed by atoms with E-state index >= 15 is 0 Å². The third kappa shape index (κ3) is 1.67. The smallest absolute Gasteiger partial charge is 0.267 e. The van der Waals surface area contributed by atoms with Crippen molar-refractivity contribution in [3.63, 3.8) is 0 Å². The number of nitrogens with zero attached hydrogens (tertiary/aromatic N) is 1. The maximum absolute atomic E-state index is 11.2. The zero-order valence-corrected chi connectivity index (χ0v) is 8.47. The molecule has 0 aliphatic heterocycles. The van der Waals surface area contributed by atoms with Crippen molar-refractivity contribution in [1.82, 2.24) is 4.98 Å². The monoisotopic (exact) mass is 212 g/mol. The van der Waals surface area contributed by atoms with Gasteiger partial charge in [-0.05, 0) is 12.5 Å². The summed E-state index contributed by atoms with van der Waals surface area (Å²) in [6.07, 6.45) is 2.14. The number of hydrogen-bond donors (Lipinski definition) is 1. The van der Waals surface area contributed by atoms with E-state index in [0.717, 1.165) is 6.26 Å². The summed E-state index contributed by atoms with van der Waals surface area (Å²) in [6, 6.07) is 1.80. The van der Waals surface area contributed by atoms with E-state index in [9.17, 15) is 13.2 Å². The fourth-order valence-corrected chi connectivity index (χ4v) is 2.23. The number of sulfone groups is 1. The van der Waals surface area contributed by atoms with Crippen LogP contribution >= 0.6 is 0 Å². The molecule has 0 aliphatic carbocycles. The fourth-order valence-electron chi connectivity index (χ4n) is 1.17. The van der Waals surface area contributed by atoms with Crippen molar-refractivity contribution in [3.05, 3.63) is 27.7 Å². The Labute approximate surface area is 80.9 Å². The van der Waals surface area contributed by atoms with Gasteiger partial charge in [0.2, 0.25) is 0 Å². The quantitative estimate of drug-likeness (QED) is 0.707. The summed E-state index contributed by atoms with van der Waals surface area (Å²) in [7, 11) is -3.59. The lowest BCUT2D eigenvalue weighted by molar-refractivity contribution is 0.600. The number of aromatic nitrogens is 1. The average Bonchev–Trinajstić information content (AvgIpc) is 2.02. The van der Waals surface area contributed by atoms with Gasteiger partial charge in [0.15, 0.2) is 9.84 Å². The molecule has 0 unspecified atom stereocenters. The molecule has 0 amide bonds. The maximum atomic E-state index is 11.2. The largest absolute Gasteiger partial charge is 0.327 e. The Morgan fingerprint density at radius 1 is 1.50 bits per heavy atom. The van der Waals surface area contributed by atoms with Crippen LogP contribution < -0.4 is 5.56 Å². The Balaban J connectivity index is 3.77. The van der Waals surface area contributed by atoms with Gasteiger partial charge in [0, 0.05) is 12.5 Å². The van der Waals surface area contributed by atoms with Gasteiger partial charge in [-0.15, -0.1) is 0 Å². The van der Waals surface area contributed by atoms with Gasteiger partial charge in [-0.25, -0.2) is 8.42 Å². The lowest BCUT2D eigenvalue weighted by Gasteiger charge is -2.02. The van der Waals surface area contributed by atoms with Crippen LogP contribution in [-0.2, 0) is 9.84 Å². The van der Waals surface area contributed by atoms with Gasteiger partial charge in [0.1, 0.15) is 11.0 Å². The minimum absolute atomic E-state index is 0.157. The zero-order valence-electron chi connectivity index (χ0n) is 7.66. The molecule has 0 atom stereocenters. The third-order valence-electron chi connectivity index (χ3n) is 1.79. The van der Waals surface area contributed by atoms with Crippen LogP contribution in [-0.4, -0.2) is 19.7 Å². The van der Waals surface area contributed by atoms with Crippen LogP contribution in [0.25, 0.3) is 0 Å². The molecule has 1 N–H and O–H groups in total. The molecule has 6 heteroatoms. The van der Waals surface area contributed by atoms with Gasteiger partial charge in [0.05, 0.1) is 5.56 Å². The molecule has 0 fully saturated rings. The Morgan fingerprint density at radius 2 is 2.07 bits per heavy atom. The van der Waals surface area contributed by atoms with Crippen molar-refractivity contribution in [2.75, 3.05) is 6.26 Å². The topological polar surface area (TPSA) is 90.8 Å². The summed E-state index contributed by atoms with van der Waals surface area (Å²) >= 11 is 0. The van der Waals surface area contributed by atoms with E-state index in [2.05, 4.69) is 4.98 Å². The van der Waals surface area contributed by atoms with Gasteiger partial charge in [-0.2, -0.15) is 5.26 Å². The summed E-state index contributed by atoms with van der Waals surface area (Å²) < 4.78 is 22.4. The molecule has 5 nitrogen and oxygen atoms in total. The van der Waals surface area contributed by atoms with E-state index in [0.29, 0.717) is 0 Å². The fraction of sp³-hybridized carbons (Fsp3) is 0.250. The number of nitriles is 1. The first-order valence-electron chi connectivity index (χ1n) is 3.70. The lowest BCUT2D eigenvalue weighted by atomic mass is 10.2. The predicted molar refractivity (Wildman–Crippen MR) is 49.6 cm³/mol. The average molecular weight is 212 g/mol. The van der Waals surface area contributed by atoms with Crippen molar-refractivity contribution in [1.29, 1.82) is 5.26 Å². The molecular weight excluding hydrogens is 204 g/mol. The van der Waals surface area contributed by atoms with E-state index < -0.39 is 15.4 Å². The van der Waals surface area contributed by atoms with Gasteiger partial charge < -0.3 is 4.98 Å². The van der Waals surface area contributed by atoms with Gasteiger partial charge in [-0.3, -0.25) is 4.79 Å². The summed E-state index contributed by atoms with van der Waals surface area (Å²) in [5, 5.41) is 8.63. The highest BCUT2D eigenvalue weighted by Crippen LogP contribution is 2.12. The lowest BCUT2D eigenvalue weighted by Crippen LogP contribution is -2.19. The second-order valence-corrected chi connectivity index (χ2v) is 4.82. The van der Waals surface area contributed by atoms with Crippen molar-refractivity contribution in [2.24, 2.45) is 0 Å².